The van der Waals surface area contributed by atoms with E-state index in [9.17, 15) is 0 Å². The predicted octanol–water partition coefficient (Wildman–Crippen LogP) is 4.52. The van der Waals surface area contributed by atoms with E-state index in [0.29, 0.717) is 11.7 Å². The first-order chi connectivity index (χ1) is 13.3. The third-order valence-electron chi connectivity index (χ3n) is 4.42. The van der Waals surface area contributed by atoms with Crippen LogP contribution in [0.4, 0.5) is 11.5 Å². The van der Waals surface area contributed by atoms with Crippen LogP contribution in [0.25, 0.3) is 33.3 Å². The molecule has 3 aromatic heterocycles. The second-order valence-corrected chi connectivity index (χ2v) is 6.03. The average Bonchev–Trinajstić information content (AvgIpc) is 3.41. The molecule has 2 aromatic carbocycles. The number of ether oxygens (including phenoxy) is 1. The first-order valence-corrected chi connectivity index (χ1v) is 8.40. The molecular weight excluding hydrogens is 342 g/mol. The molecule has 3 heterocycles. The van der Waals surface area contributed by atoms with Crippen LogP contribution in [0.5, 0.6) is 5.75 Å². The molecular formula is C20H15N5O2. The van der Waals surface area contributed by atoms with Gasteiger partial charge in [0, 0.05) is 28.2 Å². The minimum atomic E-state index is 0.592. The number of aromatic amines is 1. The average molecular weight is 357 g/mol. The van der Waals surface area contributed by atoms with Crippen molar-refractivity contribution in [1.82, 2.24) is 20.2 Å². The molecule has 5 rings (SSSR count). The normalized spacial score (nSPS) is 11.1. The summed E-state index contributed by atoms with van der Waals surface area (Å²) in [5, 5.41) is 12.6. The first kappa shape index (κ1) is 15.4. The topological polar surface area (TPSA) is 88.9 Å². The van der Waals surface area contributed by atoms with Crippen molar-refractivity contribution in [2.75, 3.05) is 12.4 Å². The van der Waals surface area contributed by atoms with E-state index in [2.05, 4.69) is 20.5 Å². The Kier molecular flexibility index (Phi) is 3.50. The number of aromatic nitrogens is 4. The number of methoxy groups -OCH3 is 1. The fraction of sp³-hybridized carbons (Fsp3) is 0.0500. The number of hydrogen-bond acceptors (Lipinski definition) is 6. The summed E-state index contributed by atoms with van der Waals surface area (Å²) in [6.07, 6.45) is 5.06. The Bertz CT molecular complexity index is 1230. The van der Waals surface area contributed by atoms with E-state index >= 15 is 0 Å². The molecule has 0 bridgehead atoms. The van der Waals surface area contributed by atoms with Gasteiger partial charge < -0.3 is 14.5 Å². The second kappa shape index (κ2) is 6.14. The lowest BCUT2D eigenvalue weighted by atomic mass is 10.1. The van der Waals surface area contributed by atoms with Crippen molar-refractivity contribution >= 4 is 33.3 Å². The lowest BCUT2D eigenvalue weighted by molar-refractivity contribution is 0.415. The zero-order chi connectivity index (χ0) is 18.2. The highest BCUT2D eigenvalue weighted by atomic mass is 16.5. The van der Waals surface area contributed by atoms with Crippen molar-refractivity contribution in [2.45, 2.75) is 0 Å². The zero-order valence-corrected chi connectivity index (χ0v) is 14.4. The van der Waals surface area contributed by atoms with E-state index in [1.54, 1.807) is 19.6 Å². The molecule has 132 valence electrons. The number of hydrogen-bond donors (Lipinski definition) is 2. The van der Waals surface area contributed by atoms with E-state index in [0.717, 1.165) is 38.8 Å². The Morgan fingerprint density at radius 1 is 1.07 bits per heavy atom. The van der Waals surface area contributed by atoms with Crippen LogP contribution in [0.3, 0.4) is 0 Å². The highest BCUT2D eigenvalue weighted by Crippen LogP contribution is 2.32. The number of oxazole rings is 1. The Morgan fingerprint density at radius 2 is 1.96 bits per heavy atom. The molecule has 0 aliphatic rings. The smallest absolute Gasteiger partial charge is 0.225 e. The van der Waals surface area contributed by atoms with Crippen LogP contribution >= 0.6 is 0 Å². The Balaban J connectivity index is 1.55. The van der Waals surface area contributed by atoms with Crippen molar-refractivity contribution in [3.05, 3.63) is 61.1 Å². The zero-order valence-electron chi connectivity index (χ0n) is 14.4. The molecule has 5 aromatic rings. The van der Waals surface area contributed by atoms with Crippen molar-refractivity contribution in [2.24, 2.45) is 0 Å². The van der Waals surface area contributed by atoms with Crippen LogP contribution in [-0.4, -0.2) is 27.3 Å². The molecule has 0 saturated heterocycles. The minimum absolute atomic E-state index is 0.592. The van der Waals surface area contributed by atoms with Gasteiger partial charge in [-0.2, -0.15) is 5.10 Å². The van der Waals surface area contributed by atoms with E-state index in [1.165, 1.54) is 0 Å². The van der Waals surface area contributed by atoms with Crippen molar-refractivity contribution < 1.29 is 9.15 Å². The van der Waals surface area contributed by atoms with Crippen molar-refractivity contribution in [3.8, 4) is 17.2 Å². The summed E-state index contributed by atoms with van der Waals surface area (Å²) < 4.78 is 10.7. The van der Waals surface area contributed by atoms with Gasteiger partial charge in [0.05, 0.1) is 18.8 Å². The largest absolute Gasteiger partial charge is 0.497 e. The van der Waals surface area contributed by atoms with Crippen LogP contribution in [0.2, 0.25) is 0 Å². The van der Waals surface area contributed by atoms with Crippen LogP contribution < -0.4 is 10.1 Å². The molecule has 7 nitrogen and oxygen atoms in total. The van der Waals surface area contributed by atoms with Crippen LogP contribution in [0, 0.1) is 0 Å². The molecule has 0 unspecified atom stereocenters. The van der Waals surface area contributed by atoms with Crippen molar-refractivity contribution in [1.29, 1.82) is 0 Å². The first-order valence-electron chi connectivity index (χ1n) is 8.40. The molecule has 0 spiro atoms. The molecule has 27 heavy (non-hydrogen) atoms. The third kappa shape index (κ3) is 2.65. The van der Waals surface area contributed by atoms with Gasteiger partial charge in [0.2, 0.25) is 5.89 Å². The van der Waals surface area contributed by atoms with Gasteiger partial charge in [-0.3, -0.25) is 5.10 Å². The molecule has 7 heteroatoms. The fourth-order valence-electron chi connectivity index (χ4n) is 3.09. The number of pyridine rings is 1. The molecule has 0 fully saturated rings. The summed E-state index contributed by atoms with van der Waals surface area (Å²) in [6.45, 7) is 0. The molecule has 0 aliphatic carbocycles. The number of H-pyrrole nitrogens is 1. The molecule has 0 amide bonds. The minimum Gasteiger partial charge on any atom is -0.497 e. The summed E-state index contributed by atoms with van der Waals surface area (Å²) in [7, 11) is 1.65. The lowest BCUT2D eigenvalue weighted by Gasteiger charge is -2.09. The quantitative estimate of drug-likeness (QED) is 0.492. The van der Waals surface area contributed by atoms with Gasteiger partial charge in [-0.15, -0.1) is 0 Å². The number of benzene rings is 2. The Labute approximate surface area is 154 Å². The molecule has 0 radical (unpaired) electrons. The summed E-state index contributed by atoms with van der Waals surface area (Å²) in [5.41, 5.74) is 3.44. The van der Waals surface area contributed by atoms with Crippen LogP contribution in [0.15, 0.2) is 65.5 Å². The van der Waals surface area contributed by atoms with Gasteiger partial charge in [-0.05, 0) is 42.5 Å². The summed E-state index contributed by atoms with van der Waals surface area (Å²) in [5.74, 6) is 2.07. The van der Waals surface area contributed by atoms with Gasteiger partial charge in [0.1, 0.15) is 17.5 Å². The van der Waals surface area contributed by atoms with E-state index in [4.69, 9.17) is 14.1 Å². The summed E-state index contributed by atoms with van der Waals surface area (Å²) in [4.78, 5) is 8.90. The van der Waals surface area contributed by atoms with Gasteiger partial charge in [0.25, 0.3) is 0 Å². The Morgan fingerprint density at radius 3 is 2.74 bits per heavy atom. The number of rotatable bonds is 4. The monoisotopic (exact) mass is 357 g/mol. The summed E-state index contributed by atoms with van der Waals surface area (Å²) >= 11 is 0. The third-order valence-corrected chi connectivity index (χ3v) is 4.42. The molecule has 0 aliphatic heterocycles. The number of nitrogens with one attached hydrogen (secondary N) is 2. The highest BCUT2D eigenvalue weighted by Gasteiger charge is 2.12. The van der Waals surface area contributed by atoms with Crippen molar-refractivity contribution in [3.63, 3.8) is 0 Å². The fourth-order valence-corrected chi connectivity index (χ4v) is 3.09. The maximum Gasteiger partial charge on any atom is 0.225 e. The van der Waals surface area contributed by atoms with Gasteiger partial charge in [0.15, 0.2) is 5.82 Å². The number of nitrogens with zero attached hydrogens (tertiary/aromatic N) is 3. The molecule has 0 atom stereocenters. The van der Waals surface area contributed by atoms with Crippen LogP contribution in [0.1, 0.15) is 0 Å². The maximum absolute atomic E-state index is 5.33. The molecule has 0 saturated carbocycles. The lowest BCUT2D eigenvalue weighted by Crippen LogP contribution is -1.96. The van der Waals surface area contributed by atoms with E-state index in [-0.39, 0.29) is 0 Å². The Hall–Kier alpha value is -3.87. The maximum atomic E-state index is 5.33. The van der Waals surface area contributed by atoms with Gasteiger partial charge in [-0.25, -0.2) is 9.97 Å². The predicted molar refractivity (Wildman–Crippen MR) is 103 cm³/mol. The highest BCUT2D eigenvalue weighted by molar-refractivity contribution is 6.09. The van der Waals surface area contributed by atoms with E-state index < -0.39 is 0 Å². The SMILES string of the molecule is COc1ccc2nc(Nc3ccc(-c4ncco4)cc3)c3n[nH]cc3c2c1. The summed E-state index contributed by atoms with van der Waals surface area (Å²) in [6, 6.07) is 13.6. The standard InChI is InChI=1S/C20H15N5O2/c1-26-14-6-7-17-15(10-14)16-11-22-25-18(16)19(24-17)23-13-4-2-12(3-5-13)20-21-8-9-27-20/h2-11H,1H3,(H,22,25)(H,23,24). The number of fused-ring (bicyclic) bond motifs is 3. The van der Waals surface area contributed by atoms with Gasteiger partial charge >= 0.3 is 0 Å². The van der Waals surface area contributed by atoms with E-state index in [1.807, 2.05) is 48.7 Å². The second-order valence-electron chi connectivity index (χ2n) is 6.03. The molecule has 2 N–H and O–H groups in total. The number of anilines is 2. The van der Waals surface area contributed by atoms with Gasteiger partial charge in [-0.1, -0.05) is 0 Å². The van der Waals surface area contributed by atoms with Crippen LogP contribution in [-0.2, 0) is 0 Å².